The first kappa shape index (κ1) is 14.6. The largest absolute Gasteiger partial charge is 0.480 e. The van der Waals surface area contributed by atoms with Gasteiger partial charge in [-0.25, -0.2) is 8.42 Å². The van der Waals surface area contributed by atoms with Crippen molar-refractivity contribution in [3.63, 3.8) is 0 Å². The summed E-state index contributed by atoms with van der Waals surface area (Å²) in [4.78, 5) is 10.6. The van der Waals surface area contributed by atoms with Crippen LogP contribution in [0.3, 0.4) is 0 Å². The topological polar surface area (TPSA) is 122 Å². The van der Waals surface area contributed by atoms with Crippen LogP contribution in [0.1, 0.15) is 11.4 Å². The summed E-state index contributed by atoms with van der Waals surface area (Å²) in [5, 5.41) is 21.5. The van der Waals surface area contributed by atoms with Crippen LogP contribution in [-0.2, 0) is 21.9 Å². The minimum Gasteiger partial charge on any atom is -0.480 e. The number of rotatable bonds is 5. The smallest absolute Gasteiger partial charge is 0.324 e. The molecule has 1 atom stereocenters. The summed E-state index contributed by atoms with van der Waals surface area (Å²) in [7, 11) is -2.45. The van der Waals surface area contributed by atoms with Crippen LogP contribution in [0.15, 0.2) is 4.90 Å². The molecule has 3 N–H and O–H groups in total. The molecule has 0 saturated carbocycles. The highest BCUT2D eigenvalue weighted by atomic mass is 32.2. The molecule has 8 nitrogen and oxygen atoms in total. The molecule has 18 heavy (non-hydrogen) atoms. The number of aryl methyl sites for hydroxylation is 2. The maximum Gasteiger partial charge on any atom is 0.324 e. The van der Waals surface area contributed by atoms with Gasteiger partial charge in [-0.15, -0.1) is 0 Å². The van der Waals surface area contributed by atoms with Crippen LogP contribution >= 0.6 is 0 Å². The first-order valence-corrected chi connectivity index (χ1v) is 6.55. The molecule has 0 aliphatic carbocycles. The van der Waals surface area contributed by atoms with Crippen LogP contribution in [-0.4, -0.2) is 47.0 Å². The second-order valence-corrected chi connectivity index (χ2v) is 5.47. The molecule has 1 rings (SSSR count). The summed E-state index contributed by atoms with van der Waals surface area (Å²) in [5.74, 6) is -1.44. The molecule has 0 aromatic carbocycles. The second kappa shape index (κ2) is 5.04. The molecule has 0 radical (unpaired) electrons. The highest BCUT2D eigenvalue weighted by Gasteiger charge is 2.29. The predicted molar refractivity (Wildman–Crippen MR) is 61.5 cm³/mol. The Hall–Kier alpha value is -1.45. The zero-order valence-corrected chi connectivity index (χ0v) is 11.0. The Morgan fingerprint density at radius 1 is 1.50 bits per heavy atom. The number of hydrogen-bond acceptors (Lipinski definition) is 5. The highest BCUT2D eigenvalue weighted by Crippen LogP contribution is 2.18. The monoisotopic (exact) mass is 277 g/mol. The number of nitrogens with one attached hydrogen (secondary N) is 1. The van der Waals surface area contributed by atoms with E-state index in [0.717, 1.165) is 0 Å². The minimum atomic E-state index is -4.03. The van der Waals surface area contributed by atoms with Crippen molar-refractivity contribution >= 4 is 16.0 Å². The Labute approximate surface area is 104 Å². The number of hydrogen-bond donors (Lipinski definition) is 3. The summed E-state index contributed by atoms with van der Waals surface area (Å²) in [6, 6.07) is -1.57. The Morgan fingerprint density at radius 2 is 2.06 bits per heavy atom. The fourth-order valence-corrected chi connectivity index (χ4v) is 3.17. The van der Waals surface area contributed by atoms with E-state index in [9.17, 15) is 13.2 Å². The second-order valence-electron chi connectivity index (χ2n) is 3.82. The lowest BCUT2D eigenvalue weighted by atomic mass is 10.3. The molecular formula is C9H15N3O5S. The molecule has 0 unspecified atom stereocenters. The lowest BCUT2D eigenvalue weighted by Crippen LogP contribution is -2.43. The summed E-state index contributed by atoms with van der Waals surface area (Å²) in [6.45, 7) is 2.24. The Morgan fingerprint density at radius 3 is 2.39 bits per heavy atom. The SMILES string of the molecule is Cc1nn(C)c(C)c1S(=O)(=O)N[C@H](CO)C(=O)O. The third kappa shape index (κ3) is 2.68. The highest BCUT2D eigenvalue weighted by molar-refractivity contribution is 7.89. The van der Waals surface area contributed by atoms with Gasteiger partial charge in [-0.05, 0) is 13.8 Å². The van der Waals surface area contributed by atoms with Gasteiger partial charge in [0.05, 0.1) is 18.0 Å². The normalized spacial score (nSPS) is 13.6. The van der Waals surface area contributed by atoms with E-state index in [4.69, 9.17) is 10.2 Å². The molecule has 0 saturated heterocycles. The maximum absolute atomic E-state index is 12.0. The van der Waals surface area contributed by atoms with Crippen LogP contribution in [0.25, 0.3) is 0 Å². The molecule has 9 heteroatoms. The van der Waals surface area contributed by atoms with E-state index in [0.29, 0.717) is 5.69 Å². The third-order valence-electron chi connectivity index (χ3n) is 2.49. The van der Waals surface area contributed by atoms with Crippen LogP contribution in [0.2, 0.25) is 0 Å². The number of aliphatic carboxylic acids is 1. The fourth-order valence-electron chi connectivity index (χ4n) is 1.56. The molecule has 102 valence electrons. The van der Waals surface area contributed by atoms with Crippen molar-refractivity contribution in [2.24, 2.45) is 7.05 Å². The number of nitrogens with zero attached hydrogens (tertiary/aromatic N) is 2. The van der Waals surface area contributed by atoms with Crippen molar-refractivity contribution in [3.8, 4) is 0 Å². The van der Waals surface area contributed by atoms with Crippen LogP contribution in [0.4, 0.5) is 0 Å². The molecule has 1 heterocycles. The maximum atomic E-state index is 12.0. The zero-order valence-electron chi connectivity index (χ0n) is 10.2. The van der Waals surface area contributed by atoms with Crippen LogP contribution in [0.5, 0.6) is 0 Å². The number of sulfonamides is 1. The summed E-state index contributed by atoms with van der Waals surface area (Å²) >= 11 is 0. The molecule has 0 aliphatic rings. The van der Waals surface area contributed by atoms with Gasteiger partial charge in [0.2, 0.25) is 10.0 Å². The van der Waals surface area contributed by atoms with Crippen LogP contribution in [0, 0.1) is 13.8 Å². The van der Waals surface area contributed by atoms with Crippen molar-refractivity contribution in [1.29, 1.82) is 0 Å². The van der Waals surface area contributed by atoms with Gasteiger partial charge >= 0.3 is 5.97 Å². The molecule has 1 aromatic heterocycles. The molecule has 0 fully saturated rings. The van der Waals surface area contributed by atoms with Gasteiger partial charge in [0, 0.05) is 7.05 Å². The van der Waals surface area contributed by atoms with Gasteiger partial charge in [0.25, 0.3) is 0 Å². The van der Waals surface area contributed by atoms with E-state index in [1.54, 1.807) is 14.0 Å². The number of aliphatic hydroxyl groups excluding tert-OH is 1. The molecule has 0 bridgehead atoms. The Kier molecular flexibility index (Phi) is 4.09. The van der Waals surface area contributed by atoms with Gasteiger partial charge in [-0.3, -0.25) is 9.48 Å². The Bertz CT molecular complexity index is 563. The van der Waals surface area contributed by atoms with Gasteiger partial charge < -0.3 is 10.2 Å². The number of aromatic nitrogens is 2. The summed E-state index contributed by atoms with van der Waals surface area (Å²) < 4.78 is 27.4. The van der Waals surface area contributed by atoms with E-state index in [2.05, 4.69) is 5.10 Å². The minimum absolute atomic E-state index is 0.0651. The van der Waals surface area contributed by atoms with E-state index in [1.165, 1.54) is 11.6 Å². The first-order valence-electron chi connectivity index (χ1n) is 5.07. The van der Waals surface area contributed by atoms with Crippen molar-refractivity contribution < 1.29 is 23.4 Å². The quantitative estimate of drug-likeness (QED) is 0.619. The fraction of sp³-hybridized carbons (Fsp3) is 0.556. The van der Waals surface area contributed by atoms with E-state index in [-0.39, 0.29) is 10.6 Å². The molecule has 1 aromatic rings. The number of aliphatic hydroxyl groups is 1. The standard InChI is InChI=1S/C9H15N3O5S/c1-5-8(6(2)12(3)10-5)18(16,17)11-7(4-13)9(14)15/h7,11,13H,4H2,1-3H3,(H,14,15)/t7-/m1/s1. The molecular weight excluding hydrogens is 262 g/mol. The number of carboxylic acids is 1. The number of carboxylic acid groups (broad SMARTS) is 1. The average Bonchev–Trinajstić information content (AvgIpc) is 2.49. The molecule has 0 spiro atoms. The summed E-state index contributed by atoms with van der Waals surface area (Å²) in [5.41, 5.74) is 0.659. The lowest BCUT2D eigenvalue weighted by Gasteiger charge is -2.12. The number of carbonyl (C=O) groups is 1. The van der Waals surface area contributed by atoms with Gasteiger partial charge in [0.1, 0.15) is 10.9 Å². The predicted octanol–water partition coefficient (Wildman–Crippen LogP) is -1.24. The molecule has 0 amide bonds. The average molecular weight is 277 g/mol. The van der Waals surface area contributed by atoms with Crippen molar-refractivity contribution in [3.05, 3.63) is 11.4 Å². The Balaban J connectivity index is 3.18. The first-order chi connectivity index (χ1) is 8.20. The van der Waals surface area contributed by atoms with Crippen molar-refractivity contribution in [2.75, 3.05) is 6.61 Å². The van der Waals surface area contributed by atoms with E-state index < -0.39 is 28.6 Å². The van der Waals surface area contributed by atoms with Crippen LogP contribution < -0.4 is 4.72 Å². The van der Waals surface area contributed by atoms with Crippen molar-refractivity contribution in [1.82, 2.24) is 14.5 Å². The zero-order chi connectivity index (χ0) is 14.1. The van der Waals surface area contributed by atoms with Gasteiger partial charge in [0.15, 0.2) is 0 Å². The summed E-state index contributed by atoms with van der Waals surface area (Å²) in [6.07, 6.45) is 0. The van der Waals surface area contributed by atoms with Crippen molar-refractivity contribution in [2.45, 2.75) is 24.8 Å². The lowest BCUT2D eigenvalue weighted by molar-refractivity contribution is -0.139. The van der Waals surface area contributed by atoms with E-state index in [1.807, 2.05) is 4.72 Å². The van der Waals surface area contributed by atoms with Gasteiger partial charge in [-0.1, -0.05) is 0 Å². The van der Waals surface area contributed by atoms with Gasteiger partial charge in [-0.2, -0.15) is 9.82 Å². The third-order valence-corrected chi connectivity index (χ3v) is 4.21. The van der Waals surface area contributed by atoms with E-state index >= 15 is 0 Å². The molecule has 0 aliphatic heterocycles.